The van der Waals surface area contributed by atoms with Gasteiger partial charge in [-0.3, -0.25) is 9.48 Å². The van der Waals surface area contributed by atoms with Crippen molar-refractivity contribution in [1.82, 2.24) is 19.0 Å². The van der Waals surface area contributed by atoms with Gasteiger partial charge >= 0.3 is 0 Å². The molecule has 1 aliphatic heterocycles. The number of carbonyl (C=O) groups excluding carboxylic acids is 1. The Morgan fingerprint density at radius 1 is 1.00 bits per heavy atom. The molecule has 0 aliphatic carbocycles. The molecule has 1 saturated heterocycles. The van der Waals surface area contributed by atoms with Crippen molar-refractivity contribution in [2.45, 2.75) is 65.3 Å². The Bertz CT molecular complexity index is 1070. The Kier molecular flexibility index (Phi) is 6.35. The first kappa shape index (κ1) is 23.5. The molecular formula is C23H34N4O3S. The smallest absolute Gasteiger partial charge is 0.272 e. The van der Waals surface area contributed by atoms with Crippen molar-refractivity contribution in [2.75, 3.05) is 26.2 Å². The van der Waals surface area contributed by atoms with Crippen LogP contribution in [-0.4, -0.2) is 59.5 Å². The summed E-state index contributed by atoms with van der Waals surface area (Å²) < 4.78 is 30.1. The molecule has 0 radical (unpaired) electrons. The quantitative estimate of drug-likeness (QED) is 0.722. The van der Waals surface area contributed by atoms with E-state index in [1.807, 2.05) is 39.8 Å². The van der Waals surface area contributed by atoms with Gasteiger partial charge in [0.15, 0.2) is 0 Å². The number of hydrogen-bond donors (Lipinski definition) is 0. The van der Waals surface area contributed by atoms with Gasteiger partial charge in [-0.15, -0.1) is 0 Å². The maximum Gasteiger partial charge on any atom is 0.272 e. The Hall–Kier alpha value is -2.19. The van der Waals surface area contributed by atoms with Crippen LogP contribution in [0.25, 0.3) is 0 Å². The zero-order valence-electron chi connectivity index (χ0n) is 19.7. The zero-order valence-corrected chi connectivity index (χ0v) is 20.5. The molecule has 1 fully saturated rings. The minimum Gasteiger partial charge on any atom is -0.335 e. The Morgan fingerprint density at radius 2 is 1.55 bits per heavy atom. The van der Waals surface area contributed by atoms with E-state index in [0.29, 0.717) is 30.2 Å². The van der Waals surface area contributed by atoms with Gasteiger partial charge in [0.25, 0.3) is 5.91 Å². The fourth-order valence-corrected chi connectivity index (χ4v) is 6.01. The summed E-state index contributed by atoms with van der Waals surface area (Å²) in [6.45, 7) is 15.8. The first-order chi connectivity index (χ1) is 14.4. The van der Waals surface area contributed by atoms with E-state index in [0.717, 1.165) is 22.4 Å². The lowest BCUT2D eigenvalue weighted by molar-refractivity contribution is 0.0685. The molecule has 0 saturated carbocycles. The van der Waals surface area contributed by atoms with Gasteiger partial charge in [-0.1, -0.05) is 32.9 Å². The molecule has 2 aromatic rings. The SMILES string of the molecule is CCn1nc(C)cc1C(=O)N1CCN(S(=O)(=O)c2c(C)cc(C(C)(C)C)cc2C)CC1. The van der Waals surface area contributed by atoms with Gasteiger partial charge in [0, 0.05) is 32.7 Å². The van der Waals surface area contributed by atoms with Crippen LogP contribution in [0.2, 0.25) is 0 Å². The van der Waals surface area contributed by atoms with Crippen molar-refractivity contribution >= 4 is 15.9 Å². The predicted molar refractivity (Wildman–Crippen MR) is 122 cm³/mol. The molecule has 0 spiro atoms. The van der Waals surface area contributed by atoms with Crippen molar-refractivity contribution in [2.24, 2.45) is 0 Å². The molecule has 0 bridgehead atoms. The van der Waals surface area contributed by atoms with Gasteiger partial charge in [-0.2, -0.15) is 9.40 Å². The molecule has 31 heavy (non-hydrogen) atoms. The largest absolute Gasteiger partial charge is 0.335 e. The summed E-state index contributed by atoms with van der Waals surface area (Å²) in [5.74, 6) is -0.0959. The summed E-state index contributed by atoms with van der Waals surface area (Å²) >= 11 is 0. The van der Waals surface area contributed by atoms with Gasteiger partial charge in [0.1, 0.15) is 5.69 Å². The average molecular weight is 447 g/mol. The van der Waals surface area contributed by atoms with Gasteiger partial charge in [0.05, 0.1) is 10.6 Å². The van der Waals surface area contributed by atoms with Crippen LogP contribution in [-0.2, 0) is 22.0 Å². The Morgan fingerprint density at radius 3 is 2.03 bits per heavy atom. The van der Waals surface area contributed by atoms with Crippen molar-refractivity contribution in [3.63, 3.8) is 0 Å². The number of rotatable bonds is 4. The molecule has 170 valence electrons. The molecule has 0 N–H and O–H groups in total. The summed E-state index contributed by atoms with van der Waals surface area (Å²) in [5, 5.41) is 4.35. The minimum atomic E-state index is -3.63. The second kappa shape index (κ2) is 8.39. The van der Waals surface area contributed by atoms with Crippen LogP contribution >= 0.6 is 0 Å². The van der Waals surface area contributed by atoms with E-state index in [4.69, 9.17) is 0 Å². The first-order valence-electron chi connectivity index (χ1n) is 10.8. The summed E-state index contributed by atoms with van der Waals surface area (Å²) in [6, 6.07) is 5.75. The molecule has 2 heterocycles. The molecule has 7 nitrogen and oxygen atoms in total. The third-order valence-electron chi connectivity index (χ3n) is 5.87. The minimum absolute atomic E-state index is 0.0484. The van der Waals surface area contributed by atoms with Crippen molar-refractivity contribution in [3.05, 3.63) is 46.3 Å². The molecule has 0 atom stereocenters. The van der Waals surface area contributed by atoms with Crippen molar-refractivity contribution < 1.29 is 13.2 Å². The van der Waals surface area contributed by atoms with Gasteiger partial charge in [-0.25, -0.2) is 8.42 Å². The molecular weight excluding hydrogens is 412 g/mol. The highest BCUT2D eigenvalue weighted by molar-refractivity contribution is 7.89. The number of aromatic nitrogens is 2. The van der Waals surface area contributed by atoms with E-state index >= 15 is 0 Å². The molecule has 1 amide bonds. The molecule has 3 rings (SSSR count). The third kappa shape index (κ3) is 4.55. The van der Waals surface area contributed by atoms with E-state index in [-0.39, 0.29) is 24.4 Å². The number of benzene rings is 1. The van der Waals surface area contributed by atoms with E-state index < -0.39 is 10.0 Å². The molecule has 1 aliphatic rings. The monoisotopic (exact) mass is 446 g/mol. The number of carbonyl (C=O) groups is 1. The Balaban J connectivity index is 1.80. The van der Waals surface area contributed by atoms with Crippen LogP contribution in [0.1, 0.15) is 60.6 Å². The number of sulfonamides is 1. The van der Waals surface area contributed by atoms with Crippen LogP contribution in [0.4, 0.5) is 0 Å². The summed E-state index contributed by atoms with van der Waals surface area (Å²) in [5.41, 5.74) is 3.97. The topological polar surface area (TPSA) is 75.5 Å². The molecule has 1 aromatic heterocycles. The van der Waals surface area contributed by atoms with Crippen molar-refractivity contribution in [1.29, 1.82) is 0 Å². The molecule has 8 heteroatoms. The lowest BCUT2D eigenvalue weighted by Crippen LogP contribution is -2.51. The lowest BCUT2D eigenvalue weighted by atomic mass is 9.85. The molecule has 0 unspecified atom stereocenters. The van der Waals surface area contributed by atoms with Gasteiger partial charge < -0.3 is 4.90 Å². The summed E-state index contributed by atoms with van der Waals surface area (Å²) in [4.78, 5) is 15.1. The zero-order chi connectivity index (χ0) is 23.1. The Labute approximate surface area is 186 Å². The van der Waals surface area contributed by atoms with Gasteiger partial charge in [0.2, 0.25) is 10.0 Å². The highest BCUT2D eigenvalue weighted by Gasteiger charge is 2.33. The van der Waals surface area contributed by atoms with E-state index in [2.05, 4.69) is 25.9 Å². The van der Waals surface area contributed by atoms with Gasteiger partial charge in [-0.05, 0) is 55.9 Å². The van der Waals surface area contributed by atoms with Crippen LogP contribution in [0.5, 0.6) is 0 Å². The number of aryl methyl sites for hydroxylation is 4. The fourth-order valence-electron chi connectivity index (χ4n) is 4.17. The fraction of sp³-hybridized carbons (Fsp3) is 0.565. The van der Waals surface area contributed by atoms with E-state index in [1.165, 1.54) is 4.31 Å². The highest BCUT2D eigenvalue weighted by Crippen LogP contribution is 2.31. The third-order valence-corrected chi connectivity index (χ3v) is 8.08. The number of nitrogens with zero attached hydrogens (tertiary/aromatic N) is 4. The van der Waals surface area contributed by atoms with E-state index in [9.17, 15) is 13.2 Å². The van der Waals surface area contributed by atoms with Crippen LogP contribution in [0.3, 0.4) is 0 Å². The first-order valence-corrected chi connectivity index (χ1v) is 12.3. The van der Waals surface area contributed by atoms with Crippen LogP contribution < -0.4 is 0 Å². The number of piperazine rings is 1. The maximum atomic E-state index is 13.4. The number of hydrogen-bond acceptors (Lipinski definition) is 4. The van der Waals surface area contributed by atoms with Crippen LogP contribution in [0, 0.1) is 20.8 Å². The van der Waals surface area contributed by atoms with E-state index in [1.54, 1.807) is 15.6 Å². The second-order valence-electron chi connectivity index (χ2n) is 9.37. The van der Waals surface area contributed by atoms with Crippen molar-refractivity contribution in [3.8, 4) is 0 Å². The lowest BCUT2D eigenvalue weighted by Gasteiger charge is -2.34. The number of amides is 1. The standard InChI is InChI=1S/C23H34N4O3S/c1-8-27-20(15-18(4)24-27)22(28)25-9-11-26(12-10-25)31(29,30)21-16(2)13-19(14-17(21)3)23(5,6)7/h13-15H,8-12H2,1-7H3. The predicted octanol–water partition coefficient (Wildman–Crippen LogP) is 3.27. The maximum absolute atomic E-state index is 13.4. The summed E-state index contributed by atoms with van der Waals surface area (Å²) in [6.07, 6.45) is 0. The normalized spacial score (nSPS) is 16.0. The van der Waals surface area contributed by atoms with Crippen LogP contribution in [0.15, 0.2) is 23.1 Å². The summed E-state index contributed by atoms with van der Waals surface area (Å²) in [7, 11) is -3.63. The second-order valence-corrected chi connectivity index (χ2v) is 11.2. The molecule has 1 aromatic carbocycles. The average Bonchev–Trinajstić information content (AvgIpc) is 3.07. The highest BCUT2D eigenvalue weighted by atomic mass is 32.2.